The molecular weight excluding hydrogens is 291 g/mol. The van der Waals surface area contributed by atoms with E-state index in [-0.39, 0.29) is 11.5 Å². The highest BCUT2D eigenvalue weighted by Gasteiger charge is 2.16. The molecule has 3 heterocycles. The molecule has 8 nitrogen and oxygen atoms in total. The Balaban J connectivity index is 1.95. The largest absolute Gasteiger partial charge is 0.337 e. The molecule has 0 spiro atoms. The smallest absolute Gasteiger partial charge is 0.288 e. The molecule has 0 bridgehead atoms. The predicted molar refractivity (Wildman–Crippen MR) is 75.6 cm³/mol. The zero-order chi connectivity index (χ0) is 15.3. The van der Waals surface area contributed by atoms with Crippen molar-refractivity contribution in [2.24, 2.45) is 0 Å². The molecule has 1 aromatic carbocycles. The maximum Gasteiger partial charge on any atom is 0.288 e. The van der Waals surface area contributed by atoms with Crippen LogP contribution in [0.2, 0.25) is 0 Å². The Hall–Kier alpha value is -3.36. The maximum atomic E-state index is 13.2. The molecule has 0 atom stereocenters. The van der Waals surface area contributed by atoms with Crippen LogP contribution in [0.5, 0.6) is 0 Å². The molecule has 3 aromatic heterocycles. The normalized spacial score (nSPS) is 11.3. The highest BCUT2D eigenvalue weighted by Crippen LogP contribution is 2.27. The summed E-state index contributed by atoms with van der Waals surface area (Å²) in [5, 5.41) is 18.1. The third-order valence-electron chi connectivity index (χ3n) is 3.29. The Labute approximate surface area is 121 Å². The van der Waals surface area contributed by atoms with E-state index in [2.05, 4.69) is 25.1 Å². The molecule has 0 aliphatic rings. The number of nitrogens with one attached hydrogen (secondary N) is 2. The third-order valence-corrected chi connectivity index (χ3v) is 3.29. The van der Waals surface area contributed by atoms with Gasteiger partial charge in [-0.05, 0) is 18.2 Å². The standard InChI is InChI=1S/C13H7FN6O2/c14-6-1-2-9-10(3-6)17-13(16-9)11-8-4-7(20(21)22)5-15-12(8)19-18-11/h1-5H,(H,16,17)(H,15,18,19). The molecule has 0 amide bonds. The van der Waals surface area contributed by atoms with Crippen LogP contribution in [0, 0.1) is 15.9 Å². The molecule has 0 fully saturated rings. The molecule has 0 saturated carbocycles. The summed E-state index contributed by atoms with van der Waals surface area (Å²) in [6.45, 7) is 0. The first-order valence-corrected chi connectivity index (χ1v) is 6.26. The first-order chi connectivity index (χ1) is 10.6. The minimum Gasteiger partial charge on any atom is -0.337 e. The summed E-state index contributed by atoms with van der Waals surface area (Å²) in [7, 11) is 0. The minimum atomic E-state index is -0.531. The lowest BCUT2D eigenvalue weighted by molar-refractivity contribution is -0.385. The van der Waals surface area contributed by atoms with Gasteiger partial charge in [-0.2, -0.15) is 5.10 Å². The van der Waals surface area contributed by atoms with E-state index in [1.165, 1.54) is 18.2 Å². The minimum absolute atomic E-state index is 0.141. The van der Waals surface area contributed by atoms with Crippen molar-refractivity contribution in [1.82, 2.24) is 25.1 Å². The average Bonchev–Trinajstić information content (AvgIpc) is 3.08. The van der Waals surface area contributed by atoms with Crippen LogP contribution in [-0.2, 0) is 0 Å². The number of aromatic amines is 2. The van der Waals surface area contributed by atoms with Crippen molar-refractivity contribution in [3.8, 4) is 11.5 Å². The van der Waals surface area contributed by atoms with Gasteiger partial charge in [-0.15, -0.1) is 0 Å². The number of halogens is 1. The van der Waals surface area contributed by atoms with Crippen LogP contribution in [0.3, 0.4) is 0 Å². The van der Waals surface area contributed by atoms with Gasteiger partial charge in [0, 0.05) is 6.07 Å². The van der Waals surface area contributed by atoms with Crippen molar-refractivity contribution in [3.05, 3.63) is 46.4 Å². The number of pyridine rings is 1. The number of rotatable bonds is 2. The molecule has 0 radical (unpaired) electrons. The molecule has 9 heteroatoms. The van der Waals surface area contributed by atoms with Crippen LogP contribution >= 0.6 is 0 Å². The molecule has 0 saturated heterocycles. The maximum absolute atomic E-state index is 13.2. The molecule has 0 aliphatic carbocycles. The van der Waals surface area contributed by atoms with Crippen LogP contribution in [-0.4, -0.2) is 30.1 Å². The quantitative estimate of drug-likeness (QED) is 0.436. The van der Waals surface area contributed by atoms with Crippen molar-refractivity contribution in [3.63, 3.8) is 0 Å². The second-order valence-electron chi connectivity index (χ2n) is 4.67. The summed E-state index contributed by atoms with van der Waals surface area (Å²) in [5.74, 6) is 0.0277. The number of nitro groups is 1. The number of imidazole rings is 1. The van der Waals surface area contributed by atoms with E-state index in [0.29, 0.717) is 33.6 Å². The van der Waals surface area contributed by atoms with Gasteiger partial charge in [-0.25, -0.2) is 14.4 Å². The number of benzene rings is 1. The Bertz CT molecular complexity index is 1040. The first-order valence-electron chi connectivity index (χ1n) is 6.26. The fourth-order valence-corrected chi connectivity index (χ4v) is 2.27. The number of aromatic nitrogens is 5. The zero-order valence-corrected chi connectivity index (χ0v) is 10.9. The van der Waals surface area contributed by atoms with E-state index in [9.17, 15) is 14.5 Å². The summed E-state index contributed by atoms with van der Waals surface area (Å²) in [4.78, 5) is 21.6. The van der Waals surface area contributed by atoms with Gasteiger partial charge < -0.3 is 4.98 Å². The lowest BCUT2D eigenvalue weighted by atomic mass is 10.2. The van der Waals surface area contributed by atoms with E-state index in [1.54, 1.807) is 6.07 Å². The highest BCUT2D eigenvalue weighted by atomic mass is 19.1. The van der Waals surface area contributed by atoms with Crippen molar-refractivity contribution in [1.29, 1.82) is 0 Å². The second-order valence-corrected chi connectivity index (χ2v) is 4.67. The lowest BCUT2D eigenvalue weighted by Gasteiger charge is -1.93. The lowest BCUT2D eigenvalue weighted by Crippen LogP contribution is -1.89. The van der Waals surface area contributed by atoms with Gasteiger partial charge in [0.2, 0.25) is 0 Å². The Morgan fingerprint density at radius 2 is 2.14 bits per heavy atom. The Morgan fingerprint density at radius 3 is 2.95 bits per heavy atom. The topological polar surface area (TPSA) is 113 Å². The van der Waals surface area contributed by atoms with Crippen LogP contribution in [0.4, 0.5) is 10.1 Å². The highest BCUT2D eigenvalue weighted by molar-refractivity contribution is 5.92. The average molecular weight is 298 g/mol. The monoisotopic (exact) mass is 298 g/mol. The molecule has 22 heavy (non-hydrogen) atoms. The van der Waals surface area contributed by atoms with Gasteiger partial charge in [-0.1, -0.05) is 0 Å². The van der Waals surface area contributed by atoms with Crippen LogP contribution in [0.25, 0.3) is 33.6 Å². The van der Waals surface area contributed by atoms with Gasteiger partial charge in [-0.3, -0.25) is 15.2 Å². The number of H-pyrrole nitrogens is 2. The molecule has 0 unspecified atom stereocenters. The van der Waals surface area contributed by atoms with E-state index in [1.807, 2.05) is 0 Å². The Kier molecular flexibility index (Phi) is 2.43. The van der Waals surface area contributed by atoms with Gasteiger partial charge in [0.15, 0.2) is 11.5 Å². The van der Waals surface area contributed by atoms with Crippen LogP contribution in [0.15, 0.2) is 30.5 Å². The fourth-order valence-electron chi connectivity index (χ4n) is 2.27. The number of hydrogen-bond acceptors (Lipinski definition) is 5. The van der Waals surface area contributed by atoms with E-state index in [4.69, 9.17) is 0 Å². The Morgan fingerprint density at radius 1 is 1.27 bits per heavy atom. The van der Waals surface area contributed by atoms with Crippen molar-refractivity contribution in [2.45, 2.75) is 0 Å². The third kappa shape index (κ3) is 1.79. The summed E-state index contributed by atoms with van der Waals surface area (Å²) in [6, 6.07) is 5.55. The number of fused-ring (bicyclic) bond motifs is 2. The van der Waals surface area contributed by atoms with E-state index in [0.717, 1.165) is 6.20 Å². The van der Waals surface area contributed by atoms with E-state index >= 15 is 0 Å². The fraction of sp³-hybridized carbons (Fsp3) is 0. The van der Waals surface area contributed by atoms with Crippen molar-refractivity contribution < 1.29 is 9.31 Å². The van der Waals surface area contributed by atoms with Crippen molar-refractivity contribution in [2.75, 3.05) is 0 Å². The molecule has 0 aliphatic heterocycles. The molecular formula is C13H7FN6O2. The van der Waals surface area contributed by atoms with E-state index < -0.39 is 4.92 Å². The number of hydrogen-bond donors (Lipinski definition) is 2. The van der Waals surface area contributed by atoms with Gasteiger partial charge in [0.05, 0.1) is 21.3 Å². The summed E-state index contributed by atoms with van der Waals surface area (Å²) in [6.07, 6.45) is 1.14. The summed E-state index contributed by atoms with van der Waals surface area (Å²) >= 11 is 0. The summed E-state index contributed by atoms with van der Waals surface area (Å²) in [5.41, 5.74) is 1.76. The van der Waals surface area contributed by atoms with Gasteiger partial charge >= 0.3 is 0 Å². The molecule has 108 valence electrons. The van der Waals surface area contributed by atoms with Crippen LogP contribution in [0.1, 0.15) is 0 Å². The first kappa shape index (κ1) is 12.4. The van der Waals surface area contributed by atoms with Gasteiger partial charge in [0.1, 0.15) is 17.7 Å². The predicted octanol–water partition coefficient (Wildman–Crippen LogP) is 2.55. The molecule has 4 aromatic rings. The van der Waals surface area contributed by atoms with Crippen LogP contribution < -0.4 is 0 Å². The summed E-state index contributed by atoms with van der Waals surface area (Å²) < 4.78 is 13.2. The van der Waals surface area contributed by atoms with Gasteiger partial charge in [0.25, 0.3) is 5.69 Å². The number of nitrogens with zero attached hydrogens (tertiary/aromatic N) is 4. The van der Waals surface area contributed by atoms with Crippen molar-refractivity contribution >= 4 is 27.8 Å². The molecule has 4 rings (SSSR count). The molecule has 2 N–H and O–H groups in total. The zero-order valence-electron chi connectivity index (χ0n) is 10.9. The second kappa shape index (κ2) is 4.32. The SMILES string of the molecule is O=[N+]([O-])c1cnc2n[nH]c(-c3nc4ccc(F)cc4[nH]3)c2c1.